The molecule has 80 heavy (non-hydrogen) atoms. The topological polar surface area (TPSA) is 169 Å². The number of phenols is 4. The van der Waals surface area contributed by atoms with Crippen molar-refractivity contribution in [3.8, 4) is 69.5 Å². The van der Waals surface area contributed by atoms with Crippen molar-refractivity contribution in [1.29, 1.82) is 0 Å². The first kappa shape index (κ1) is 54.4. The molecule has 11 rings (SSSR count). The highest BCUT2D eigenvalue weighted by atomic mass is 16.5. The van der Waals surface area contributed by atoms with E-state index >= 15 is 0 Å². The molecule has 12 nitrogen and oxygen atoms in total. The number of unbranched alkanes of at least 4 members (excludes halogenated alkanes) is 12. The molecule has 0 radical (unpaired) electrons. The van der Waals surface area contributed by atoms with E-state index in [1.54, 1.807) is 12.1 Å². The van der Waals surface area contributed by atoms with Crippen molar-refractivity contribution in [2.75, 3.05) is 0 Å². The van der Waals surface area contributed by atoms with Gasteiger partial charge in [0, 0.05) is 92.4 Å². The summed E-state index contributed by atoms with van der Waals surface area (Å²) in [4.78, 5) is 20.3. The molecule has 0 saturated heterocycles. The Morgan fingerprint density at radius 2 is 0.550 bits per heavy atom. The average Bonchev–Trinajstić information content (AvgIpc) is 3.57. The number of benzene rings is 6. The zero-order valence-electron chi connectivity index (χ0n) is 46.9. The molecular weight excluding hydrogens is 1000 g/mol. The van der Waals surface area contributed by atoms with E-state index in [1.165, 1.54) is 6.07 Å². The molecule has 8 bridgehead atoms. The van der Waals surface area contributed by atoms with Crippen molar-refractivity contribution in [1.82, 2.24) is 19.9 Å². The molecule has 4 heterocycles. The quantitative estimate of drug-likeness (QED) is 0.0534. The predicted molar refractivity (Wildman–Crippen MR) is 314 cm³/mol. The third-order valence-electron chi connectivity index (χ3n) is 16.9. The third kappa shape index (κ3) is 11.1. The molecule has 4 atom stereocenters. The molecule has 0 saturated carbocycles. The lowest BCUT2D eigenvalue weighted by Crippen LogP contribution is -2.12. The molecular formula is C68H76N4O8. The number of para-hydroxylation sites is 4. The number of hydrogen-bond acceptors (Lipinski definition) is 12. The van der Waals surface area contributed by atoms with Gasteiger partial charge in [0.2, 0.25) is 0 Å². The summed E-state index contributed by atoms with van der Waals surface area (Å²) < 4.78 is 28.4. The normalized spacial score (nSPS) is 16.9. The summed E-state index contributed by atoms with van der Waals surface area (Å²) >= 11 is 0. The summed E-state index contributed by atoms with van der Waals surface area (Å²) in [6.45, 7) is 8.82. The molecule has 8 aromatic rings. The van der Waals surface area contributed by atoms with E-state index in [0.29, 0.717) is 93.0 Å². The van der Waals surface area contributed by atoms with Gasteiger partial charge < -0.3 is 39.4 Å². The first-order chi connectivity index (χ1) is 39.1. The van der Waals surface area contributed by atoms with Crippen LogP contribution in [0.25, 0.3) is 22.1 Å². The van der Waals surface area contributed by atoms with E-state index in [2.05, 4.69) is 45.9 Å². The first-order valence-corrected chi connectivity index (χ1v) is 29.9. The maximum Gasteiger partial charge on any atom is 0.284 e. The fraction of sp³-hybridized carbons (Fsp3) is 0.412. The molecule has 1 aliphatic carbocycles. The van der Waals surface area contributed by atoms with E-state index in [9.17, 15) is 20.4 Å². The van der Waals surface area contributed by atoms with E-state index < -0.39 is 11.8 Å². The second-order valence-corrected chi connectivity index (χ2v) is 22.5. The average molecular weight is 1080 g/mol. The predicted octanol–water partition coefficient (Wildman–Crippen LogP) is 18.9. The monoisotopic (exact) mass is 1080 g/mol. The highest BCUT2D eigenvalue weighted by Gasteiger charge is 2.37. The lowest BCUT2D eigenvalue weighted by molar-refractivity contribution is 0.383. The summed E-state index contributed by atoms with van der Waals surface area (Å²) in [7, 11) is 0. The van der Waals surface area contributed by atoms with E-state index in [4.69, 9.17) is 38.9 Å². The Labute approximate surface area is 470 Å². The van der Waals surface area contributed by atoms with Crippen LogP contribution in [0.15, 0.2) is 97.1 Å². The second kappa shape index (κ2) is 24.4. The zero-order valence-corrected chi connectivity index (χ0v) is 46.9. The van der Waals surface area contributed by atoms with Crippen LogP contribution in [0.1, 0.15) is 224 Å². The number of rotatable bonds is 20. The first-order valence-electron chi connectivity index (χ1n) is 29.9. The van der Waals surface area contributed by atoms with Crippen LogP contribution in [-0.2, 0) is 0 Å². The summed E-state index contributed by atoms with van der Waals surface area (Å²) in [5.41, 5.74) is 8.37. The summed E-state index contributed by atoms with van der Waals surface area (Å²) in [6, 6.07) is 30.5. The lowest BCUT2D eigenvalue weighted by atomic mass is 9.76. The molecule has 0 amide bonds. The summed E-state index contributed by atoms with van der Waals surface area (Å²) in [5.74, 6) is 0.559. The number of nitrogens with zero attached hydrogens (tertiary/aromatic N) is 4. The van der Waals surface area contributed by atoms with Gasteiger partial charge in [-0.25, -0.2) is 19.9 Å². The number of aromatic nitrogens is 4. The van der Waals surface area contributed by atoms with Crippen molar-refractivity contribution in [2.45, 2.75) is 180 Å². The Balaban J connectivity index is 1.28. The fourth-order valence-electron chi connectivity index (χ4n) is 12.6. The Hall–Kier alpha value is -7.60. The highest BCUT2D eigenvalue weighted by molar-refractivity contribution is 5.77. The van der Waals surface area contributed by atoms with Crippen LogP contribution in [0.4, 0.5) is 0 Å². The van der Waals surface area contributed by atoms with Crippen molar-refractivity contribution >= 4 is 22.1 Å². The van der Waals surface area contributed by atoms with Crippen LogP contribution in [0, 0.1) is 0 Å². The van der Waals surface area contributed by atoms with Crippen LogP contribution in [0.3, 0.4) is 0 Å². The largest absolute Gasteiger partial charge is 0.508 e. The van der Waals surface area contributed by atoms with E-state index in [0.717, 1.165) is 125 Å². The van der Waals surface area contributed by atoms with Crippen LogP contribution < -0.4 is 18.9 Å². The van der Waals surface area contributed by atoms with Crippen molar-refractivity contribution < 1.29 is 39.4 Å². The van der Waals surface area contributed by atoms with Crippen LogP contribution >= 0.6 is 0 Å². The SMILES string of the molecule is CCCCCCC1c2cc(c(O)cc2O)C(CCCCCC)c2cc3c(cc2O)Oc2nc4ccccc4nc2Oc2cc4c(cc2C3CCCCCC)C(CCCCCC)c2cc1c(O)cc2Oc1nc2ccccc2nc1O4. The summed E-state index contributed by atoms with van der Waals surface area (Å²) in [6.07, 6.45) is 18.4. The van der Waals surface area contributed by atoms with Crippen LogP contribution in [-0.4, -0.2) is 40.4 Å². The molecule has 2 aliphatic heterocycles. The van der Waals surface area contributed by atoms with E-state index in [-0.39, 0.29) is 58.4 Å². The minimum Gasteiger partial charge on any atom is -0.508 e. The number of fused-ring (bicyclic) bond motifs is 8. The van der Waals surface area contributed by atoms with Gasteiger partial charge in [-0.15, -0.1) is 0 Å². The highest BCUT2D eigenvalue weighted by Crippen LogP contribution is 2.56. The van der Waals surface area contributed by atoms with Gasteiger partial charge in [0.1, 0.15) is 46.0 Å². The Morgan fingerprint density at radius 1 is 0.300 bits per heavy atom. The standard InChI is InChI=1S/C68H76N4O8/c1-5-9-13-17-25-41-45-33-46(58(74)37-57(45)73)42(26-18-14-10-6-2)48-35-50-44(28-20-16-12-8-4)52-36-51-43(27-19-15-11-7-3)49-34-47(41)59(75)38-61(49)77-65-67(71-55-31-23-21-29-53(55)69-65)79-63(51)40-64(52)80-68-66(78-62(50)39-60(48)76)70-54-30-22-24-32-56(54)72-68/h21-24,29-44,73-76H,5-20,25-28H2,1-4H3. The number of aromatic hydroxyl groups is 4. The van der Waals surface area contributed by atoms with Crippen molar-refractivity contribution in [3.63, 3.8) is 0 Å². The molecule has 6 aromatic carbocycles. The minimum absolute atomic E-state index is 0.0102. The molecule has 4 unspecified atom stereocenters. The van der Waals surface area contributed by atoms with Gasteiger partial charge in [-0.2, -0.15) is 0 Å². The van der Waals surface area contributed by atoms with Gasteiger partial charge >= 0.3 is 0 Å². The van der Waals surface area contributed by atoms with Crippen LogP contribution in [0.5, 0.6) is 69.5 Å². The van der Waals surface area contributed by atoms with Crippen molar-refractivity contribution in [3.05, 3.63) is 142 Å². The third-order valence-corrected chi connectivity index (χ3v) is 16.9. The fourth-order valence-corrected chi connectivity index (χ4v) is 12.6. The maximum absolute atomic E-state index is 12.7. The molecule has 0 spiro atoms. The van der Waals surface area contributed by atoms with Gasteiger partial charge in [-0.3, -0.25) is 0 Å². The van der Waals surface area contributed by atoms with E-state index in [1.807, 2.05) is 60.7 Å². The Kier molecular flexibility index (Phi) is 16.6. The summed E-state index contributed by atoms with van der Waals surface area (Å²) in [5, 5.41) is 50.0. The van der Waals surface area contributed by atoms with Crippen molar-refractivity contribution in [2.24, 2.45) is 0 Å². The molecule has 12 heteroatoms. The molecule has 416 valence electrons. The van der Waals surface area contributed by atoms with Gasteiger partial charge in [-0.1, -0.05) is 155 Å². The maximum atomic E-state index is 12.7. The van der Waals surface area contributed by atoms with Gasteiger partial charge in [-0.05, 0) is 74.2 Å². The Morgan fingerprint density at radius 3 is 0.850 bits per heavy atom. The van der Waals surface area contributed by atoms with Gasteiger partial charge in [0.25, 0.3) is 23.5 Å². The number of hydrogen-bond donors (Lipinski definition) is 4. The molecule has 0 fully saturated rings. The number of ether oxygens (including phenoxy) is 4. The lowest BCUT2D eigenvalue weighted by Gasteiger charge is -2.30. The van der Waals surface area contributed by atoms with Crippen LogP contribution in [0.2, 0.25) is 0 Å². The second-order valence-electron chi connectivity index (χ2n) is 22.5. The zero-order chi connectivity index (χ0) is 55.3. The van der Waals surface area contributed by atoms with Gasteiger partial charge in [0.15, 0.2) is 0 Å². The Bertz CT molecular complexity index is 3300. The molecule has 3 aliphatic rings. The molecule has 4 N–H and O–H groups in total. The minimum atomic E-state index is -0.507. The molecule has 2 aromatic heterocycles. The smallest absolute Gasteiger partial charge is 0.284 e. The number of phenolic OH excluding ortho intramolecular Hbond substituents is 4. The van der Waals surface area contributed by atoms with Gasteiger partial charge in [0.05, 0.1) is 22.1 Å².